The Balaban J connectivity index is 0.818. The molecule has 13 rings (SSSR count). The van der Waals surface area contributed by atoms with E-state index >= 15 is 0 Å². The van der Waals surface area contributed by atoms with Crippen molar-refractivity contribution in [2.75, 3.05) is 0 Å². The lowest BCUT2D eigenvalue weighted by Crippen LogP contribution is -2.03. The van der Waals surface area contributed by atoms with Crippen LogP contribution in [0.15, 0.2) is 182 Å². The van der Waals surface area contributed by atoms with Gasteiger partial charge in [-0.25, -0.2) is 0 Å². The molecule has 0 amide bonds. The minimum Gasteiger partial charge on any atom is -0.453 e. The normalized spacial score (nSPS) is 13.9. The topological polar surface area (TPSA) is 28.3 Å². The van der Waals surface area contributed by atoms with Crippen LogP contribution in [0.5, 0.6) is 23.0 Å². The van der Waals surface area contributed by atoms with E-state index in [4.69, 9.17) is 9.47 Å². The smallest absolute Gasteiger partial charge is 0.152 e. The highest BCUT2D eigenvalue weighted by molar-refractivity contribution is 6.14. The fraction of sp³-hybridized carbons (Fsp3) is 0.0370. The summed E-state index contributed by atoms with van der Waals surface area (Å²) in [7, 11) is 0. The molecule has 0 spiro atoms. The van der Waals surface area contributed by atoms with Crippen molar-refractivity contribution in [1.82, 2.24) is 9.13 Å². The zero-order valence-electron chi connectivity index (χ0n) is 31.4. The minimum absolute atomic E-state index is 0.883. The number of fused-ring (bicyclic) bond motifs is 10. The summed E-state index contributed by atoms with van der Waals surface area (Å²) in [5.74, 6) is 3.58. The summed E-state index contributed by atoms with van der Waals surface area (Å²) in [6.45, 7) is 0. The summed E-state index contributed by atoms with van der Waals surface area (Å²) in [5.41, 5.74) is 16.8. The highest BCUT2D eigenvalue weighted by Crippen LogP contribution is 2.48. The zero-order valence-corrected chi connectivity index (χ0v) is 31.4. The number of aromatic nitrogens is 2. The van der Waals surface area contributed by atoms with Crippen LogP contribution in [0.2, 0.25) is 0 Å². The second kappa shape index (κ2) is 12.0. The standard InChI is InChI=1S/C54H34N2O2/c1-3-17-49-47(15-1)55-45-27-25-39(31-43(45)41-13-7-19-51(57-49)53(41)55)37-11-5-9-35(29-37)33-21-23-34(24-22-33)36-10-6-12-38(30-36)40-26-28-46-44(32-40)42-14-8-20-52-54(42)56(46)48-16-2-4-18-50(48)58-52/h1-5,7-11,13-32H,6,12H2. The Labute approximate surface area is 334 Å². The average molecular weight is 743 g/mol. The second-order valence-corrected chi connectivity index (χ2v) is 15.6. The van der Waals surface area contributed by atoms with Crippen molar-refractivity contribution >= 4 is 54.8 Å². The van der Waals surface area contributed by atoms with Crippen molar-refractivity contribution in [3.63, 3.8) is 0 Å². The molecule has 58 heavy (non-hydrogen) atoms. The van der Waals surface area contributed by atoms with Crippen molar-refractivity contribution in [3.05, 3.63) is 193 Å². The number of nitrogens with zero attached hydrogens (tertiary/aromatic N) is 2. The van der Waals surface area contributed by atoms with E-state index in [1.54, 1.807) is 0 Å². The second-order valence-electron chi connectivity index (χ2n) is 15.6. The van der Waals surface area contributed by atoms with Gasteiger partial charge in [0.15, 0.2) is 23.0 Å². The predicted molar refractivity (Wildman–Crippen MR) is 238 cm³/mol. The zero-order chi connectivity index (χ0) is 37.9. The van der Waals surface area contributed by atoms with E-state index < -0.39 is 0 Å². The van der Waals surface area contributed by atoms with E-state index in [1.807, 2.05) is 18.2 Å². The van der Waals surface area contributed by atoms with E-state index in [2.05, 4.69) is 173 Å². The van der Waals surface area contributed by atoms with Gasteiger partial charge >= 0.3 is 0 Å². The van der Waals surface area contributed by atoms with E-state index in [-0.39, 0.29) is 0 Å². The Hall–Kier alpha value is -7.56. The summed E-state index contributed by atoms with van der Waals surface area (Å²) < 4.78 is 17.4. The molecule has 0 saturated carbocycles. The molecular formula is C54H34N2O2. The molecule has 2 aromatic heterocycles. The van der Waals surface area contributed by atoms with Crippen molar-refractivity contribution in [2.24, 2.45) is 0 Å². The largest absolute Gasteiger partial charge is 0.453 e. The molecule has 272 valence electrons. The molecule has 0 N–H and O–H groups in total. The average Bonchev–Trinajstić information content (AvgIpc) is 3.81. The maximum atomic E-state index is 6.35. The lowest BCUT2D eigenvalue weighted by atomic mass is 9.89. The Bertz CT molecular complexity index is 3450. The Kier molecular flexibility index (Phi) is 6.53. The van der Waals surface area contributed by atoms with E-state index in [0.29, 0.717) is 0 Å². The highest BCUT2D eigenvalue weighted by atomic mass is 16.5. The van der Waals surface area contributed by atoms with Crippen LogP contribution in [0.25, 0.3) is 88.4 Å². The van der Waals surface area contributed by atoms with Gasteiger partial charge in [-0.15, -0.1) is 0 Å². The van der Waals surface area contributed by atoms with Gasteiger partial charge in [-0.05, 0) is 124 Å². The van der Waals surface area contributed by atoms with Gasteiger partial charge in [0.2, 0.25) is 0 Å². The van der Waals surface area contributed by atoms with Gasteiger partial charge in [-0.2, -0.15) is 0 Å². The molecule has 10 aromatic rings. The SMILES string of the molecule is C1=C(c2ccc(-c3cccc(-c4ccc5c(c4)c4cccc6c4n5-c4ccccc4O6)c3)cc2)C=C(c2ccc3c(c2)c2cccc4c2n3-c2ccccc2O4)CC1. The molecule has 2 aliphatic heterocycles. The van der Waals surface area contributed by atoms with Gasteiger partial charge in [0.1, 0.15) is 0 Å². The molecule has 8 aromatic carbocycles. The van der Waals surface area contributed by atoms with Crippen molar-refractivity contribution < 1.29 is 9.47 Å². The third kappa shape index (κ3) is 4.57. The quantitative estimate of drug-likeness (QED) is 0.180. The monoisotopic (exact) mass is 742 g/mol. The number of benzene rings is 8. The van der Waals surface area contributed by atoms with Gasteiger partial charge in [-0.1, -0.05) is 115 Å². The number of para-hydroxylation sites is 6. The van der Waals surface area contributed by atoms with E-state index in [9.17, 15) is 0 Å². The summed E-state index contributed by atoms with van der Waals surface area (Å²) >= 11 is 0. The molecule has 0 atom stereocenters. The third-order valence-electron chi connectivity index (χ3n) is 12.4. The van der Waals surface area contributed by atoms with Crippen molar-refractivity contribution in [2.45, 2.75) is 12.8 Å². The van der Waals surface area contributed by atoms with Crippen LogP contribution in [0.1, 0.15) is 24.0 Å². The maximum absolute atomic E-state index is 6.35. The van der Waals surface area contributed by atoms with Gasteiger partial charge in [0.05, 0.1) is 33.4 Å². The molecular weight excluding hydrogens is 709 g/mol. The van der Waals surface area contributed by atoms with Gasteiger partial charge in [0.25, 0.3) is 0 Å². The minimum atomic E-state index is 0.883. The lowest BCUT2D eigenvalue weighted by molar-refractivity contribution is 0.476. The molecule has 4 nitrogen and oxygen atoms in total. The molecule has 4 heterocycles. The maximum Gasteiger partial charge on any atom is 0.152 e. The third-order valence-corrected chi connectivity index (χ3v) is 12.4. The van der Waals surface area contributed by atoms with Crippen LogP contribution in [0.3, 0.4) is 0 Å². The highest BCUT2D eigenvalue weighted by Gasteiger charge is 2.25. The van der Waals surface area contributed by atoms with Crippen LogP contribution in [-0.4, -0.2) is 9.13 Å². The molecule has 0 saturated heterocycles. The molecule has 0 bridgehead atoms. The molecule has 0 unspecified atom stereocenters. The summed E-state index contributed by atoms with van der Waals surface area (Å²) in [6.07, 6.45) is 6.81. The first-order chi connectivity index (χ1) is 28.7. The fourth-order valence-electron chi connectivity index (χ4n) is 9.68. The molecule has 1 aliphatic carbocycles. The fourth-order valence-corrected chi connectivity index (χ4v) is 9.68. The van der Waals surface area contributed by atoms with Gasteiger partial charge in [0, 0.05) is 21.5 Å². The Morgan fingerprint density at radius 2 is 0.879 bits per heavy atom. The Morgan fingerprint density at radius 1 is 0.379 bits per heavy atom. The van der Waals surface area contributed by atoms with Crippen molar-refractivity contribution in [3.8, 4) is 56.6 Å². The van der Waals surface area contributed by atoms with Gasteiger partial charge < -0.3 is 18.6 Å². The molecule has 3 aliphatic rings. The number of hydrogen-bond acceptors (Lipinski definition) is 2. The number of ether oxygens (including phenoxy) is 2. The first-order valence-corrected chi connectivity index (χ1v) is 20.0. The summed E-state index contributed by atoms with van der Waals surface area (Å²) in [6, 6.07) is 61.2. The van der Waals surface area contributed by atoms with E-state index in [1.165, 1.54) is 77.1 Å². The van der Waals surface area contributed by atoms with E-state index in [0.717, 1.165) is 58.2 Å². The lowest BCUT2D eigenvalue weighted by Gasteiger charge is -2.20. The number of hydrogen-bond donors (Lipinski definition) is 0. The van der Waals surface area contributed by atoms with Gasteiger partial charge in [-0.3, -0.25) is 0 Å². The Morgan fingerprint density at radius 3 is 1.53 bits per heavy atom. The molecule has 4 heteroatoms. The van der Waals surface area contributed by atoms with Crippen molar-refractivity contribution in [1.29, 1.82) is 0 Å². The van der Waals surface area contributed by atoms with Crippen LogP contribution < -0.4 is 9.47 Å². The van der Waals surface area contributed by atoms with Crippen LogP contribution in [0, 0.1) is 0 Å². The first kappa shape index (κ1) is 31.6. The first-order valence-electron chi connectivity index (χ1n) is 20.0. The van der Waals surface area contributed by atoms with Crippen LogP contribution in [-0.2, 0) is 0 Å². The van der Waals surface area contributed by atoms with Crippen LogP contribution >= 0.6 is 0 Å². The summed E-state index contributed by atoms with van der Waals surface area (Å²) in [5, 5.41) is 4.90. The van der Waals surface area contributed by atoms with Crippen LogP contribution in [0.4, 0.5) is 0 Å². The molecule has 0 radical (unpaired) electrons. The summed E-state index contributed by atoms with van der Waals surface area (Å²) in [4.78, 5) is 0. The number of allylic oxidation sites excluding steroid dienone is 4. The number of rotatable bonds is 4. The predicted octanol–water partition coefficient (Wildman–Crippen LogP) is 14.7. The molecule has 0 fully saturated rings.